The van der Waals surface area contributed by atoms with Gasteiger partial charge in [-0.05, 0) is 78.5 Å². The van der Waals surface area contributed by atoms with Gasteiger partial charge >= 0.3 is 0 Å². The molecule has 0 aliphatic heterocycles. The molecule has 0 aliphatic carbocycles. The third-order valence-electron chi connectivity index (χ3n) is 6.43. The summed E-state index contributed by atoms with van der Waals surface area (Å²) < 4.78 is 42.8. The molecule has 0 aliphatic rings. The van der Waals surface area contributed by atoms with Crippen LogP contribution in [-0.4, -0.2) is 28.8 Å². The highest BCUT2D eigenvalue weighted by Gasteiger charge is 2.19. The van der Waals surface area contributed by atoms with Gasteiger partial charge < -0.3 is 20.4 Å². The number of hydrogen-bond acceptors (Lipinski definition) is 4. The van der Waals surface area contributed by atoms with E-state index in [1.807, 2.05) is 35.0 Å². The Morgan fingerprint density at radius 1 is 1.05 bits per heavy atom. The molecule has 41 heavy (non-hydrogen) atoms. The number of aromatic nitrogens is 2. The summed E-state index contributed by atoms with van der Waals surface area (Å²) in [5.41, 5.74) is 8.29. The van der Waals surface area contributed by atoms with E-state index in [2.05, 4.69) is 10.3 Å². The van der Waals surface area contributed by atoms with Gasteiger partial charge in [-0.2, -0.15) is 0 Å². The largest absolute Gasteiger partial charge is 0.366 e. The van der Waals surface area contributed by atoms with Gasteiger partial charge in [0, 0.05) is 34.6 Å². The van der Waals surface area contributed by atoms with E-state index < -0.39 is 23.4 Å². The van der Waals surface area contributed by atoms with E-state index in [0.717, 1.165) is 23.3 Å². The molecular weight excluding hydrogens is 553 g/mol. The van der Waals surface area contributed by atoms with Crippen molar-refractivity contribution in [1.82, 2.24) is 14.9 Å². The van der Waals surface area contributed by atoms with E-state index in [9.17, 15) is 22.8 Å². The number of nitrogens with one attached hydrogen (secondary N) is 1. The third-order valence-corrected chi connectivity index (χ3v) is 6.66. The van der Waals surface area contributed by atoms with E-state index in [0.29, 0.717) is 34.0 Å². The molecule has 0 radical (unpaired) electrons. The van der Waals surface area contributed by atoms with Crippen molar-refractivity contribution < 1.29 is 22.8 Å². The second-order valence-corrected chi connectivity index (χ2v) is 9.59. The molecule has 0 fully saturated rings. The predicted octanol–water partition coefficient (Wildman–Crippen LogP) is 6.26. The van der Waals surface area contributed by atoms with Crippen LogP contribution in [0.1, 0.15) is 27.7 Å². The summed E-state index contributed by atoms with van der Waals surface area (Å²) in [5.74, 6) is -2.89. The molecule has 3 aromatic carbocycles. The lowest BCUT2D eigenvalue weighted by atomic mass is 9.94. The van der Waals surface area contributed by atoms with Crippen molar-refractivity contribution in [1.29, 1.82) is 0 Å². The number of nitrogens with zero attached hydrogens (tertiary/aromatic N) is 2. The summed E-state index contributed by atoms with van der Waals surface area (Å²) in [6.07, 6.45) is 4.63. The van der Waals surface area contributed by atoms with E-state index in [4.69, 9.17) is 17.3 Å². The van der Waals surface area contributed by atoms with Crippen LogP contribution in [0.15, 0.2) is 85.2 Å². The minimum atomic E-state index is -0.870. The second kappa shape index (κ2) is 13.3. The molecular formula is C31H26ClF3N4O2. The number of likely N-dealkylation sites (N-methyl/N-ethyl adjacent to an activating group) is 1. The molecule has 0 spiro atoms. The minimum absolute atomic E-state index is 0.222. The van der Waals surface area contributed by atoms with E-state index in [1.54, 1.807) is 25.4 Å². The number of aldehydes is 1. The number of carbonyl (C=O) groups excluding carboxylic acids is 2. The molecule has 0 saturated heterocycles. The number of benzene rings is 3. The zero-order valence-electron chi connectivity index (χ0n) is 22.0. The van der Waals surface area contributed by atoms with Crippen LogP contribution in [0.5, 0.6) is 0 Å². The highest BCUT2D eigenvalue weighted by molar-refractivity contribution is 6.31. The summed E-state index contributed by atoms with van der Waals surface area (Å²) >= 11 is 5.85. The Morgan fingerprint density at radius 2 is 1.80 bits per heavy atom. The van der Waals surface area contributed by atoms with Gasteiger partial charge in [0.1, 0.15) is 23.7 Å². The van der Waals surface area contributed by atoms with Gasteiger partial charge in [0.2, 0.25) is 0 Å². The van der Waals surface area contributed by atoms with Crippen LogP contribution < -0.4 is 11.1 Å². The maximum Gasteiger partial charge on any atom is 0.251 e. The number of halogens is 4. The quantitative estimate of drug-likeness (QED) is 0.213. The molecule has 6 nitrogen and oxygen atoms in total. The monoisotopic (exact) mass is 578 g/mol. The van der Waals surface area contributed by atoms with Crippen molar-refractivity contribution in [3.8, 4) is 11.1 Å². The van der Waals surface area contributed by atoms with Gasteiger partial charge in [-0.1, -0.05) is 29.8 Å². The van der Waals surface area contributed by atoms with E-state index >= 15 is 0 Å². The number of amides is 1. The first-order valence-electron chi connectivity index (χ1n) is 12.5. The van der Waals surface area contributed by atoms with E-state index in [-0.39, 0.29) is 18.0 Å². The standard InChI is InChI=1S/C21H18F3N3O.C10H8ClNO/c1-26-19(9-12-7-14(22)11-15(23)8-12)20-16(3-2-6-27-20)13-4-5-18(24)17(10-13)21(25)28;11-9-2-1-8-3-4-12(5-6-13)10(8)7-9/h2-8,10-11,19,26H,9H2,1H3,(H2,25,28);1-4,6-7H,5H2. The van der Waals surface area contributed by atoms with Gasteiger partial charge in [-0.25, -0.2) is 13.2 Å². The Bertz CT molecular complexity index is 1690. The number of primary amides is 1. The first kappa shape index (κ1) is 29.5. The fourth-order valence-corrected chi connectivity index (χ4v) is 4.68. The van der Waals surface area contributed by atoms with Crippen LogP contribution in [0.3, 0.4) is 0 Å². The lowest BCUT2D eigenvalue weighted by molar-refractivity contribution is -0.108. The Balaban J connectivity index is 0.000000247. The minimum Gasteiger partial charge on any atom is -0.366 e. The van der Waals surface area contributed by atoms with Crippen molar-refractivity contribution in [3.63, 3.8) is 0 Å². The molecule has 5 aromatic rings. The molecule has 1 amide bonds. The smallest absolute Gasteiger partial charge is 0.251 e. The third kappa shape index (κ3) is 7.19. The molecule has 5 rings (SSSR count). The number of nitrogens with two attached hydrogens (primary N) is 1. The molecule has 0 bridgehead atoms. The molecule has 3 N–H and O–H groups in total. The molecule has 2 aromatic heterocycles. The number of pyridine rings is 1. The first-order chi connectivity index (χ1) is 19.7. The average Bonchev–Trinajstić information content (AvgIpc) is 3.33. The zero-order chi connectivity index (χ0) is 29.5. The molecule has 2 heterocycles. The summed E-state index contributed by atoms with van der Waals surface area (Å²) in [6, 6.07) is 18.1. The highest BCUT2D eigenvalue weighted by atomic mass is 35.5. The molecule has 1 unspecified atom stereocenters. The van der Waals surface area contributed by atoms with Gasteiger partial charge in [0.25, 0.3) is 5.91 Å². The summed E-state index contributed by atoms with van der Waals surface area (Å²) in [4.78, 5) is 26.2. The lowest BCUT2D eigenvalue weighted by Crippen LogP contribution is -2.21. The number of rotatable bonds is 8. The fraction of sp³-hybridized carbons (Fsp3) is 0.129. The normalized spacial score (nSPS) is 11.5. The predicted molar refractivity (Wildman–Crippen MR) is 153 cm³/mol. The Hall–Kier alpha value is -4.47. The summed E-state index contributed by atoms with van der Waals surface area (Å²) in [5, 5.41) is 4.89. The second-order valence-electron chi connectivity index (χ2n) is 9.16. The maximum atomic E-state index is 13.8. The average molecular weight is 579 g/mol. The van der Waals surface area contributed by atoms with E-state index in [1.165, 1.54) is 30.3 Å². The van der Waals surface area contributed by atoms with Crippen molar-refractivity contribution in [3.05, 3.63) is 124 Å². The van der Waals surface area contributed by atoms with Crippen LogP contribution in [0.25, 0.3) is 22.0 Å². The van der Waals surface area contributed by atoms with Crippen molar-refractivity contribution in [2.24, 2.45) is 5.73 Å². The molecule has 0 saturated carbocycles. The van der Waals surface area contributed by atoms with Crippen LogP contribution in [0.4, 0.5) is 13.2 Å². The zero-order valence-corrected chi connectivity index (χ0v) is 22.7. The Labute approximate surface area is 239 Å². The topological polar surface area (TPSA) is 90.0 Å². The SMILES string of the molecule is CNC(Cc1cc(F)cc(F)c1)c1ncccc1-c1ccc(F)c(C(N)=O)c1.O=CCn1ccc2ccc(Cl)cc21. The molecule has 210 valence electrons. The number of carbonyl (C=O) groups is 2. The van der Waals surface area contributed by atoms with Crippen LogP contribution in [0, 0.1) is 17.5 Å². The molecule has 10 heteroatoms. The number of hydrogen-bond donors (Lipinski definition) is 2. The van der Waals surface area contributed by atoms with Gasteiger partial charge in [0.15, 0.2) is 0 Å². The highest BCUT2D eigenvalue weighted by Crippen LogP contribution is 2.30. The Kier molecular flexibility index (Phi) is 9.54. The van der Waals surface area contributed by atoms with Gasteiger partial charge in [-0.15, -0.1) is 0 Å². The summed E-state index contributed by atoms with van der Waals surface area (Å²) in [7, 11) is 1.71. The van der Waals surface area contributed by atoms with Crippen LogP contribution in [-0.2, 0) is 17.8 Å². The van der Waals surface area contributed by atoms with Gasteiger partial charge in [0.05, 0.1) is 23.8 Å². The number of fused-ring (bicyclic) bond motifs is 1. The first-order valence-corrected chi connectivity index (χ1v) is 12.9. The molecule has 1 atom stereocenters. The fourth-order valence-electron chi connectivity index (χ4n) is 4.52. The van der Waals surface area contributed by atoms with Crippen molar-refractivity contribution in [2.45, 2.75) is 19.0 Å². The summed E-state index contributed by atoms with van der Waals surface area (Å²) in [6.45, 7) is 0.379. The van der Waals surface area contributed by atoms with Crippen molar-refractivity contribution >= 4 is 34.7 Å². The Morgan fingerprint density at radius 3 is 2.49 bits per heavy atom. The van der Waals surface area contributed by atoms with Crippen LogP contribution in [0.2, 0.25) is 5.02 Å². The van der Waals surface area contributed by atoms with Crippen molar-refractivity contribution in [2.75, 3.05) is 7.05 Å². The van der Waals surface area contributed by atoms with Crippen LogP contribution >= 0.6 is 11.6 Å². The van der Waals surface area contributed by atoms with Gasteiger partial charge in [-0.3, -0.25) is 9.78 Å². The lowest BCUT2D eigenvalue weighted by Gasteiger charge is -2.19. The maximum absolute atomic E-state index is 13.8.